The molecule has 0 aromatic heterocycles. The molecule has 0 aromatic rings. The van der Waals surface area contributed by atoms with Gasteiger partial charge in [-0.25, -0.2) is 0 Å². The van der Waals surface area contributed by atoms with Crippen molar-refractivity contribution in [2.24, 2.45) is 0 Å². The molecule has 0 saturated heterocycles. The summed E-state index contributed by atoms with van der Waals surface area (Å²) < 4.78 is 4.96. The van der Waals surface area contributed by atoms with Crippen LogP contribution in [0.25, 0.3) is 0 Å². The molecule has 52 valence electrons. The molecular formula is C7H11BrO. The highest BCUT2D eigenvalue weighted by molar-refractivity contribution is 9.11. The first-order valence-electron chi connectivity index (χ1n) is 2.86. The molecule has 0 bridgehead atoms. The first-order chi connectivity index (χ1) is 4.31. The van der Waals surface area contributed by atoms with Crippen molar-refractivity contribution in [1.82, 2.24) is 0 Å². The Kier molecular flexibility index (Phi) is 5.73. The first-order valence-corrected chi connectivity index (χ1v) is 3.78. The van der Waals surface area contributed by atoms with Gasteiger partial charge in [-0.2, -0.15) is 0 Å². The van der Waals surface area contributed by atoms with Gasteiger partial charge in [-0.05, 0) is 30.5 Å². The predicted octanol–water partition coefficient (Wildman–Crippen LogP) is 2.84. The molecule has 1 nitrogen and oxygen atoms in total. The zero-order chi connectivity index (χ0) is 7.11. The monoisotopic (exact) mass is 190 g/mol. The van der Waals surface area contributed by atoms with E-state index in [9.17, 15) is 0 Å². The molecule has 0 fully saturated rings. The fourth-order valence-corrected chi connectivity index (χ4v) is 0.441. The van der Waals surface area contributed by atoms with Crippen molar-refractivity contribution < 1.29 is 4.74 Å². The molecule has 0 aliphatic carbocycles. The number of hydrogen-bond donors (Lipinski definition) is 0. The minimum absolute atomic E-state index is 0.728. The van der Waals surface area contributed by atoms with Crippen molar-refractivity contribution in [1.29, 1.82) is 0 Å². The second-order valence-corrected chi connectivity index (χ2v) is 2.07. The van der Waals surface area contributed by atoms with E-state index in [2.05, 4.69) is 15.9 Å². The van der Waals surface area contributed by atoms with Gasteiger partial charge in [0.05, 0.1) is 12.9 Å². The third kappa shape index (κ3) is 5.63. The van der Waals surface area contributed by atoms with Gasteiger partial charge >= 0.3 is 0 Å². The van der Waals surface area contributed by atoms with Crippen LogP contribution >= 0.6 is 15.9 Å². The third-order valence-electron chi connectivity index (χ3n) is 0.766. The summed E-state index contributed by atoms with van der Waals surface area (Å²) in [6.07, 6.45) is 3.59. The van der Waals surface area contributed by atoms with E-state index in [1.165, 1.54) is 0 Å². The molecule has 0 N–H and O–H groups in total. The molecule has 0 rings (SSSR count). The van der Waals surface area contributed by atoms with Gasteiger partial charge in [0.25, 0.3) is 0 Å². The molecule has 0 spiro atoms. The number of allylic oxidation sites excluding steroid dienone is 2. The summed E-state index contributed by atoms with van der Waals surface area (Å²) in [7, 11) is 0. The molecule has 0 aliphatic heterocycles. The summed E-state index contributed by atoms with van der Waals surface area (Å²) in [5.74, 6) is 0. The highest BCUT2D eigenvalue weighted by Crippen LogP contribution is 1.98. The normalized spacial score (nSPS) is 12.6. The lowest BCUT2D eigenvalue weighted by molar-refractivity contribution is 0.269. The van der Waals surface area contributed by atoms with Gasteiger partial charge in [-0.3, -0.25) is 0 Å². The molecule has 0 heterocycles. The van der Waals surface area contributed by atoms with Gasteiger partial charge < -0.3 is 4.74 Å². The topological polar surface area (TPSA) is 9.23 Å². The third-order valence-corrected chi connectivity index (χ3v) is 1.49. The lowest BCUT2D eigenvalue weighted by atomic mass is 10.3. The van der Waals surface area contributed by atoms with Crippen molar-refractivity contribution >= 4 is 15.9 Å². The average molecular weight is 191 g/mol. The minimum Gasteiger partial charge on any atom is -0.501 e. The van der Waals surface area contributed by atoms with Crippen molar-refractivity contribution in [3.8, 4) is 0 Å². The summed E-state index contributed by atoms with van der Waals surface area (Å²) >= 11 is 3.20. The second kappa shape index (κ2) is 5.89. The molecule has 9 heavy (non-hydrogen) atoms. The Bertz CT molecular complexity index is 116. The van der Waals surface area contributed by atoms with E-state index in [1.54, 1.807) is 6.26 Å². The highest BCUT2D eigenvalue weighted by atomic mass is 79.9. The molecule has 0 radical (unpaired) electrons. The van der Waals surface area contributed by atoms with E-state index in [1.807, 2.05) is 24.9 Å². The van der Waals surface area contributed by atoms with E-state index in [-0.39, 0.29) is 0 Å². The Labute approximate surface area is 64.5 Å². The number of hydrogen-bond acceptors (Lipinski definition) is 1. The van der Waals surface area contributed by atoms with Crippen molar-refractivity contribution in [2.45, 2.75) is 13.8 Å². The van der Waals surface area contributed by atoms with Gasteiger partial charge in [-0.1, -0.05) is 15.9 Å². The van der Waals surface area contributed by atoms with Crippen LogP contribution in [0, 0.1) is 0 Å². The van der Waals surface area contributed by atoms with Gasteiger partial charge in [0, 0.05) is 0 Å². The van der Waals surface area contributed by atoms with Gasteiger partial charge in [0.1, 0.15) is 0 Å². The Morgan fingerprint density at radius 3 is 2.78 bits per heavy atom. The number of rotatable bonds is 3. The lowest BCUT2D eigenvalue weighted by Gasteiger charge is -1.90. The maximum absolute atomic E-state index is 4.96. The van der Waals surface area contributed by atoms with Crippen LogP contribution in [0.3, 0.4) is 0 Å². The smallest absolute Gasteiger partial charge is 0.0845 e. The van der Waals surface area contributed by atoms with E-state index in [4.69, 9.17) is 4.74 Å². The summed E-state index contributed by atoms with van der Waals surface area (Å²) in [6.45, 7) is 4.67. The van der Waals surface area contributed by atoms with E-state index >= 15 is 0 Å². The van der Waals surface area contributed by atoms with E-state index in [0.717, 1.165) is 12.2 Å². The Morgan fingerprint density at radius 2 is 2.33 bits per heavy atom. The van der Waals surface area contributed by atoms with Crippen LogP contribution in [0.4, 0.5) is 0 Å². The molecule has 2 heteroatoms. The maximum atomic E-state index is 4.96. The minimum atomic E-state index is 0.728. The lowest BCUT2D eigenvalue weighted by Crippen LogP contribution is -1.76. The zero-order valence-corrected chi connectivity index (χ0v) is 7.31. The molecule has 0 unspecified atom stereocenters. The van der Waals surface area contributed by atoms with Gasteiger partial charge in [0.2, 0.25) is 0 Å². The van der Waals surface area contributed by atoms with Gasteiger partial charge in [0.15, 0.2) is 0 Å². The van der Waals surface area contributed by atoms with Crippen molar-refractivity contribution in [3.63, 3.8) is 0 Å². The fourth-order valence-electron chi connectivity index (χ4n) is 0.288. The van der Waals surface area contributed by atoms with Crippen LogP contribution in [0.5, 0.6) is 0 Å². The Hall–Kier alpha value is -0.240. The number of halogens is 1. The van der Waals surface area contributed by atoms with Crippen LogP contribution in [0.15, 0.2) is 22.9 Å². The summed E-state index contributed by atoms with van der Waals surface area (Å²) in [5, 5.41) is 0. The molecule has 0 aromatic carbocycles. The van der Waals surface area contributed by atoms with Crippen LogP contribution in [0.2, 0.25) is 0 Å². The fraction of sp³-hybridized carbons (Fsp3) is 0.429. The zero-order valence-electron chi connectivity index (χ0n) is 5.73. The first kappa shape index (κ1) is 8.76. The summed E-state index contributed by atoms with van der Waals surface area (Å²) in [6, 6.07) is 0. The molecule has 0 saturated carbocycles. The molecular weight excluding hydrogens is 180 g/mol. The van der Waals surface area contributed by atoms with Crippen LogP contribution < -0.4 is 0 Å². The summed E-state index contributed by atoms with van der Waals surface area (Å²) in [5.41, 5.74) is 1.14. The Balaban J connectivity index is 3.45. The van der Waals surface area contributed by atoms with Crippen molar-refractivity contribution in [3.05, 3.63) is 22.9 Å². The second-order valence-electron chi connectivity index (χ2n) is 1.61. The van der Waals surface area contributed by atoms with Crippen LogP contribution in [-0.4, -0.2) is 6.61 Å². The SMILES string of the molecule is CCO/C=C/C(C)=CBr. The van der Waals surface area contributed by atoms with Crippen molar-refractivity contribution in [2.75, 3.05) is 6.61 Å². The maximum Gasteiger partial charge on any atom is 0.0845 e. The van der Waals surface area contributed by atoms with E-state index in [0.29, 0.717) is 0 Å². The Morgan fingerprint density at radius 1 is 1.67 bits per heavy atom. The standard InChI is InChI=1S/C7H11BrO/c1-3-9-5-4-7(2)6-8/h4-6H,3H2,1-2H3/b5-4+,7-6?. The van der Waals surface area contributed by atoms with Gasteiger partial charge in [-0.15, -0.1) is 0 Å². The van der Waals surface area contributed by atoms with E-state index < -0.39 is 0 Å². The molecule has 0 aliphatic rings. The quantitative estimate of drug-likeness (QED) is 0.492. The largest absolute Gasteiger partial charge is 0.501 e. The molecule has 0 atom stereocenters. The number of ether oxygens (including phenoxy) is 1. The molecule has 0 amide bonds. The van der Waals surface area contributed by atoms with Crippen LogP contribution in [-0.2, 0) is 4.74 Å². The summed E-state index contributed by atoms with van der Waals surface area (Å²) in [4.78, 5) is 1.85. The van der Waals surface area contributed by atoms with Crippen LogP contribution in [0.1, 0.15) is 13.8 Å². The highest BCUT2D eigenvalue weighted by Gasteiger charge is 1.75. The predicted molar refractivity (Wildman–Crippen MR) is 43.5 cm³/mol. The average Bonchev–Trinajstić information content (AvgIpc) is 1.89.